The summed E-state index contributed by atoms with van der Waals surface area (Å²) in [5.74, 6) is 1.04. The third-order valence-corrected chi connectivity index (χ3v) is 3.43. The van der Waals surface area contributed by atoms with E-state index in [1.54, 1.807) is 0 Å². The van der Waals surface area contributed by atoms with E-state index in [1.807, 2.05) is 18.7 Å². The van der Waals surface area contributed by atoms with Crippen LogP contribution in [0.25, 0.3) is 0 Å². The first kappa shape index (κ1) is 12.3. The van der Waals surface area contributed by atoms with E-state index < -0.39 is 0 Å². The summed E-state index contributed by atoms with van der Waals surface area (Å²) in [6.07, 6.45) is 12.8. The number of anilines is 1. The molecular weight excluding hydrogens is 238 g/mol. The fourth-order valence-electron chi connectivity index (χ4n) is 2.24. The van der Waals surface area contributed by atoms with Crippen LogP contribution in [-0.4, -0.2) is 25.1 Å². The number of nitrogens with zero attached hydrogens (tertiary/aromatic N) is 4. The van der Waals surface area contributed by atoms with E-state index >= 15 is 0 Å². The van der Waals surface area contributed by atoms with Gasteiger partial charge < -0.3 is 14.5 Å². The number of aryl methyl sites for hydroxylation is 3. The van der Waals surface area contributed by atoms with Crippen molar-refractivity contribution in [3.05, 3.63) is 30.6 Å². The van der Waals surface area contributed by atoms with Crippen LogP contribution in [0.5, 0.6) is 0 Å². The van der Waals surface area contributed by atoms with Gasteiger partial charge in [0.1, 0.15) is 0 Å². The van der Waals surface area contributed by atoms with Crippen LogP contribution < -0.4 is 5.32 Å². The van der Waals surface area contributed by atoms with Crippen LogP contribution in [0.1, 0.15) is 31.4 Å². The summed E-state index contributed by atoms with van der Waals surface area (Å²) in [7, 11) is 0. The second-order valence-electron chi connectivity index (χ2n) is 5.33. The van der Waals surface area contributed by atoms with Gasteiger partial charge in [0.2, 0.25) is 5.95 Å². The first-order valence-corrected chi connectivity index (χ1v) is 7.07. The van der Waals surface area contributed by atoms with Crippen LogP contribution >= 0.6 is 0 Å². The van der Waals surface area contributed by atoms with Gasteiger partial charge >= 0.3 is 0 Å². The molecule has 0 saturated heterocycles. The van der Waals surface area contributed by atoms with Gasteiger partial charge in [0.05, 0.1) is 12.0 Å². The van der Waals surface area contributed by atoms with Crippen molar-refractivity contribution in [3.63, 3.8) is 0 Å². The zero-order chi connectivity index (χ0) is 13.1. The molecule has 19 heavy (non-hydrogen) atoms. The van der Waals surface area contributed by atoms with Crippen LogP contribution in [0.2, 0.25) is 0 Å². The molecule has 5 nitrogen and oxygen atoms in total. The maximum Gasteiger partial charge on any atom is 0.203 e. The lowest BCUT2D eigenvalue weighted by molar-refractivity contribution is 0.554. The van der Waals surface area contributed by atoms with Gasteiger partial charge in [0.15, 0.2) is 0 Å². The summed E-state index contributed by atoms with van der Waals surface area (Å²) in [4.78, 5) is 8.61. The fourth-order valence-corrected chi connectivity index (χ4v) is 2.24. The van der Waals surface area contributed by atoms with Gasteiger partial charge in [-0.2, -0.15) is 0 Å². The van der Waals surface area contributed by atoms with E-state index in [2.05, 4.69) is 37.5 Å². The van der Waals surface area contributed by atoms with E-state index in [4.69, 9.17) is 0 Å². The molecule has 3 rings (SSSR count). The van der Waals surface area contributed by atoms with Gasteiger partial charge in [0, 0.05) is 37.7 Å². The lowest BCUT2D eigenvalue weighted by Crippen LogP contribution is -2.09. The van der Waals surface area contributed by atoms with E-state index in [9.17, 15) is 0 Å². The first-order valence-electron chi connectivity index (χ1n) is 7.07. The highest BCUT2D eigenvalue weighted by atomic mass is 15.2. The molecule has 0 amide bonds. The monoisotopic (exact) mass is 259 g/mol. The number of aromatic nitrogens is 4. The summed E-state index contributed by atoms with van der Waals surface area (Å²) in [5.41, 5.74) is 1.10. The molecule has 2 aromatic rings. The van der Waals surface area contributed by atoms with Crippen molar-refractivity contribution in [2.75, 3.05) is 5.32 Å². The van der Waals surface area contributed by atoms with E-state index in [0.29, 0.717) is 6.04 Å². The molecule has 0 atom stereocenters. The second kappa shape index (κ2) is 5.47. The first-order chi connectivity index (χ1) is 9.31. The minimum absolute atomic E-state index is 0.659. The molecule has 0 spiro atoms. The molecule has 2 aromatic heterocycles. The predicted molar refractivity (Wildman–Crippen MR) is 75.1 cm³/mol. The van der Waals surface area contributed by atoms with Crippen LogP contribution in [0, 0.1) is 6.92 Å². The summed E-state index contributed by atoms with van der Waals surface area (Å²) in [6, 6.07) is 0.659. The maximum absolute atomic E-state index is 4.56. The Hall–Kier alpha value is -1.78. The van der Waals surface area contributed by atoms with Gasteiger partial charge in [-0.15, -0.1) is 0 Å². The lowest BCUT2D eigenvalue weighted by Gasteiger charge is -2.09. The molecule has 0 aliphatic heterocycles. The fraction of sp³-hybridized carbons (Fsp3) is 0.571. The third kappa shape index (κ3) is 3.36. The van der Waals surface area contributed by atoms with Gasteiger partial charge in [0.25, 0.3) is 0 Å². The number of nitrogens with one attached hydrogen (secondary N) is 1. The number of hydrogen-bond acceptors (Lipinski definition) is 3. The quantitative estimate of drug-likeness (QED) is 0.777. The van der Waals surface area contributed by atoms with Crippen molar-refractivity contribution in [1.82, 2.24) is 19.1 Å². The molecule has 0 unspecified atom stereocenters. The molecule has 1 N–H and O–H groups in total. The molecule has 1 aliphatic carbocycles. The average Bonchev–Trinajstić information content (AvgIpc) is 2.92. The Morgan fingerprint density at radius 3 is 2.89 bits per heavy atom. The van der Waals surface area contributed by atoms with Crippen molar-refractivity contribution in [2.45, 2.75) is 51.7 Å². The highest BCUT2D eigenvalue weighted by Gasteiger charge is 2.22. The Morgan fingerprint density at radius 2 is 2.16 bits per heavy atom. The van der Waals surface area contributed by atoms with Crippen molar-refractivity contribution in [2.24, 2.45) is 0 Å². The summed E-state index contributed by atoms with van der Waals surface area (Å²) < 4.78 is 4.38. The molecule has 5 heteroatoms. The third-order valence-electron chi connectivity index (χ3n) is 3.43. The molecule has 0 bridgehead atoms. The summed E-state index contributed by atoms with van der Waals surface area (Å²) in [5, 5.41) is 3.50. The number of imidazole rings is 2. The molecule has 1 saturated carbocycles. The van der Waals surface area contributed by atoms with Crippen LogP contribution in [0.4, 0.5) is 5.95 Å². The van der Waals surface area contributed by atoms with Gasteiger partial charge in [-0.3, -0.25) is 0 Å². The van der Waals surface area contributed by atoms with Crippen molar-refractivity contribution in [1.29, 1.82) is 0 Å². The summed E-state index contributed by atoms with van der Waals surface area (Å²) >= 11 is 0. The van der Waals surface area contributed by atoms with Gasteiger partial charge in [-0.25, -0.2) is 9.97 Å². The van der Waals surface area contributed by atoms with Gasteiger partial charge in [-0.1, -0.05) is 0 Å². The van der Waals surface area contributed by atoms with E-state index in [-0.39, 0.29) is 0 Å². The Kier molecular flexibility index (Phi) is 3.53. The molecule has 102 valence electrons. The molecule has 2 heterocycles. The van der Waals surface area contributed by atoms with E-state index in [0.717, 1.165) is 37.6 Å². The molecule has 1 aliphatic rings. The van der Waals surface area contributed by atoms with Crippen molar-refractivity contribution in [3.8, 4) is 0 Å². The highest BCUT2D eigenvalue weighted by Crippen LogP contribution is 2.24. The smallest absolute Gasteiger partial charge is 0.203 e. The normalized spacial score (nSPS) is 14.8. The number of hydrogen-bond donors (Lipinski definition) is 1. The topological polar surface area (TPSA) is 47.7 Å². The Morgan fingerprint density at radius 1 is 1.32 bits per heavy atom. The average molecular weight is 259 g/mol. The Bertz CT molecular complexity index is 510. The Labute approximate surface area is 113 Å². The van der Waals surface area contributed by atoms with Gasteiger partial charge in [-0.05, 0) is 32.6 Å². The predicted octanol–water partition coefficient (Wildman–Crippen LogP) is 2.44. The zero-order valence-corrected chi connectivity index (χ0v) is 11.4. The minimum atomic E-state index is 0.659. The standard InChI is InChI=1S/C14H21N5/c1-12-10-19(14(16-12)17-13-4-5-13)8-3-2-7-18-9-6-15-11-18/h6,9-11,13H,2-5,7-8H2,1H3,(H,16,17). The second-order valence-corrected chi connectivity index (χ2v) is 5.33. The van der Waals surface area contributed by atoms with Crippen LogP contribution in [0.3, 0.4) is 0 Å². The molecular formula is C14H21N5. The molecule has 1 fully saturated rings. The number of unbranched alkanes of at least 4 members (excludes halogenated alkanes) is 1. The van der Waals surface area contributed by atoms with Crippen LogP contribution in [-0.2, 0) is 13.1 Å². The minimum Gasteiger partial charge on any atom is -0.353 e. The lowest BCUT2D eigenvalue weighted by atomic mass is 10.3. The SMILES string of the molecule is Cc1cn(CCCCn2ccnc2)c(NC2CC2)n1. The number of rotatable bonds is 7. The Balaban J connectivity index is 1.48. The highest BCUT2D eigenvalue weighted by molar-refractivity contribution is 5.32. The largest absolute Gasteiger partial charge is 0.353 e. The molecule has 0 aromatic carbocycles. The molecule has 0 radical (unpaired) electrons. The summed E-state index contributed by atoms with van der Waals surface area (Å²) in [6.45, 7) is 4.13. The van der Waals surface area contributed by atoms with Crippen LogP contribution in [0.15, 0.2) is 24.9 Å². The van der Waals surface area contributed by atoms with Crippen molar-refractivity contribution < 1.29 is 0 Å². The van der Waals surface area contributed by atoms with Crippen molar-refractivity contribution >= 4 is 5.95 Å². The zero-order valence-electron chi connectivity index (χ0n) is 11.4. The van der Waals surface area contributed by atoms with E-state index in [1.165, 1.54) is 12.8 Å². The maximum atomic E-state index is 4.56.